The van der Waals surface area contributed by atoms with E-state index in [1.807, 2.05) is 0 Å². The van der Waals surface area contributed by atoms with Gasteiger partial charge < -0.3 is 15.4 Å². The summed E-state index contributed by atoms with van der Waals surface area (Å²) in [6.07, 6.45) is -4.55. The minimum Gasteiger partial charge on any atom is -0.483 e. The molecule has 0 aliphatic heterocycles. The lowest BCUT2D eigenvalue weighted by Gasteiger charge is -2.13. The van der Waals surface area contributed by atoms with Crippen LogP contribution in [-0.4, -0.2) is 18.4 Å². The van der Waals surface area contributed by atoms with Crippen molar-refractivity contribution in [2.45, 2.75) is 6.18 Å². The third-order valence-electron chi connectivity index (χ3n) is 4.09. The van der Waals surface area contributed by atoms with Crippen molar-refractivity contribution in [3.63, 3.8) is 0 Å². The fraction of sp³-hybridized carbons (Fsp3) is 0.0909. The Morgan fingerprint density at radius 2 is 1.58 bits per heavy atom. The number of anilines is 2. The number of benzene rings is 3. The molecule has 2 amide bonds. The maximum atomic E-state index is 13.6. The van der Waals surface area contributed by atoms with Crippen LogP contribution in [0.2, 0.25) is 0 Å². The third-order valence-corrected chi connectivity index (χ3v) is 4.09. The van der Waals surface area contributed by atoms with Gasteiger partial charge in [0.25, 0.3) is 11.8 Å². The minimum absolute atomic E-state index is 0.0126. The molecule has 0 aliphatic carbocycles. The molecule has 2 N–H and O–H groups in total. The molecule has 160 valence electrons. The zero-order valence-corrected chi connectivity index (χ0v) is 15.9. The second-order valence-electron chi connectivity index (χ2n) is 6.35. The van der Waals surface area contributed by atoms with E-state index in [9.17, 15) is 27.2 Å². The Bertz CT molecular complexity index is 1100. The van der Waals surface area contributed by atoms with Crippen LogP contribution in [-0.2, 0) is 11.0 Å². The molecule has 0 unspecified atom stereocenters. The van der Waals surface area contributed by atoms with Crippen molar-refractivity contribution in [1.29, 1.82) is 0 Å². The van der Waals surface area contributed by atoms with Crippen molar-refractivity contribution in [2.24, 2.45) is 0 Å². The van der Waals surface area contributed by atoms with Gasteiger partial charge in [-0.15, -0.1) is 0 Å². The molecule has 0 aromatic heterocycles. The Morgan fingerprint density at radius 1 is 0.871 bits per heavy atom. The molecule has 3 aromatic carbocycles. The Morgan fingerprint density at radius 3 is 2.32 bits per heavy atom. The van der Waals surface area contributed by atoms with Gasteiger partial charge in [-0.3, -0.25) is 9.59 Å². The quantitative estimate of drug-likeness (QED) is 0.532. The molecule has 0 bridgehead atoms. The molecule has 0 heterocycles. The van der Waals surface area contributed by atoms with E-state index < -0.39 is 36.0 Å². The third kappa shape index (κ3) is 5.81. The number of hydrogen-bond acceptors (Lipinski definition) is 3. The topological polar surface area (TPSA) is 67.4 Å². The van der Waals surface area contributed by atoms with Gasteiger partial charge in [-0.2, -0.15) is 13.2 Å². The molecule has 3 aromatic rings. The minimum atomic E-state index is -4.55. The van der Waals surface area contributed by atoms with E-state index in [4.69, 9.17) is 4.74 Å². The average Bonchev–Trinajstić information content (AvgIpc) is 2.74. The van der Waals surface area contributed by atoms with Crippen molar-refractivity contribution in [1.82, 2.24) is 0 Å². The summed E-state index contributed by atoms with van der Waals surface area (Å²) in [4.78, 5) is 24.6. The van der Waals surface area contributed by atoms with Crippen LogP contribution in [0, 0.1) is 5.82 Å². The second-order valence-corrected chi connectivity index (χ2v) is 6.35. The fourth-order valence-electron chi connectivity index (χ4n) is 2.64. The number of alkyl halides is 3. The highest BCUT2D eigenvalue weighted by Gasteiger charge is 2.30. The molecule has 0 fully saturated rings. The summed E-state index contributed by atoms with van der Waals surface area (Å²) in [5, 5.41) is 4.72. The van der Waals surface area contributed by atoms with Gasteiger partial charge in [-0.05, 0) is 42.5 Å². The van der Waals surface area contributed by atoms with Gasteiger partial charge in [0.15, 0.2) is 6.61 Å². The normalized spacial score (nSPS) is 11.0. The number of rotatable bonds is 6. The Hall–Kier alpha value is -3.88. The number of para-hydroxylation sites is 2. The molecule has 9 heteroatoms. The van der Waals surface area contributed by atoms with Gasteiger partial charge in [0.2, 0.25) is 0 Å². The number of amides is 2. The lowest BCUT2D eigenvalue weighted by atomic mass is 10.1. The van der Waals surface area contributed by atoms with Crippen LogP contribution in [0.5, 0.6) is 5.75 Å². The fourth-order valence-corrected chi connectivity index (χ4v) is 2.64. The van der Waals surface area contributed by atoms with Gasteiger partial charge >= 0.3 is 6.18 Å². The summed E-state index contributed by atoms with van der Waals surface area (Å²) in [6.45, 7) is -0.512. The summed E-state index contributed by atoms with van der Waals surface area (Å²) in [6, 6.07) is 15.7. The molecule has 0 atom stereocenters. The number of nitrogens with one attached hydrogen (secondary N) is 2. The van der Waals surface area contributed by atoms with E-state index in [0.717, 1.165) is 12.1 Å². The first-order chi connectivity index (χ1) is 14.7. The second kappa shape index (κ2) is 9.29. The largest absolute Gasteiger partial charge is 0.483 e. The van der Waals surface area contributed by atoms with Crippen molar-refractivity contribution in [2.75, 3.05) is 17.2 Å². The summed E-state index contributed by atoms with van der Waals surface area (Å²) in [5.41, 5.74) is -0.961. The van der Waals surface area contributed by atoms with Gasteiger partial charge in [0, 0.05) is 5.69 Å². The van der Waals surface area contributed by atoms with Crippen LogP contribution in [0.1, 0.15) is 15.9 Å². The molecular weight excluding hydrogens is 416 g/mol. The molecule has 3 rings (SSSR count). The molecule has 0 radical (unpaired) electrons. The van der Waals surface area contributed by atoms with Gasteiger partial charge in [0.1, 0.15) is 11.6 Å². The van der Waals surface area contributed by atoms with E-state index in [1.54, 1.807) is 12.1 Å². The van der Waals surface area contributed by atoms with Crippen LogP contribution in [0.3, 0.4) is 0 Å². The molecule has 0 saturated heterocycles. The zero-order valence-electron chi connectivity index (χ0n) is 15.9. The summed E-state index contributed by atoms with van der Waals surface area (Å²) < 4.78 is 57.6. The molecule has 31 heavy (non-hydrogen) atoms. The number of halogens is 4. The number of carbonyl (C=O) groups is 2. The maximum absolute atomic E-state index is 13.6. The molecule has 0 saturated carbocycles. The van der Waals surface area contributed by atoms with Crippen LogP contribution < -0.4 is 15.4 Å². The highest BCUT2D eigenvalue weighted by atomic mass is 19.4. The lowest BCUT2D eigenvalue weighted by Crippen LogP contribution is -2.22. The molecular formula is C22H16F4N2O3. The standard InChI is InChI=1S/C22H16F4N2O3/c23-17-9-2-3-10-18(17)28-20(29)13-31-19-11-4-1-8-16(19)21(30)27-15-7-5-6-14(12-15)22(24,25)26/h1-12H,13H2,(H,27,30)(H,28,29). The predicted octanol–water partition coefficient (Wildman–Crippen LogP) is 5.11. The maximum Gasteiger partial charge on any atom is 0.416 e. The van der Waals surface area contributed by atoms with Crippen molar-refractivity contribution in [3.8, 4) is 5.75 Å². The van der Waals surface area contributed by atoms with E-state index in [-0.39, 0.29) is 22.7 Å². The van der Waals surface area contributed by atoms with Crippen LogP contribution >= 0.6 is 0 Å². The van der Waals surface area contributed by atoms with E-state index >= 15 is 0 Å². The van der Waals surface area contributed by atoms with Crippen LogP contribution in [0.25, 0.3) is 0 Å². The molecule has 0 aliphatic rings. The summed E-state index contributed by atoms with van der Waals surface area (Å²) in [5.74, 6) is -1.95. The Labute approximate surface area is 174 Å². The first-order valence-corrected chi connectivity index (χ1v) is 8.99. The molecule has 5 nitrogen and oxygen atoms in total. The molecule has 0 spiro atoms. The monoisotopic (exact) mass is 432 g/mol. The smallest absolute Gasteiger partial charge is 0.416 e. The number of carbonyl (C=O) groups excluding carboxylic acids is 2. The van der Waals surface area contributed by atoms with Crippen LogP contribution in [0.4, 0.5) is 28.9 Å². The van der Waals surface area contributed by atoms with Crippen LogP contribution in [0.15, 0.2) is 72.8 Å². The highest BCUT2D eigenvalue weighted by molar-refractivity contribution is 6.06. The first-order valence-electron chi connectivity index (χ1n) is 8.99. The lowest BCUT2D eigenvalue weighted by molar-refractivity contribution is -0.137. The van der Waals surface area contributed by atoms with Gasteiger partial charge in [0.05, 0.1) is 16.8 Å². The average molecular weight is 432 g/mol. The summed E-state index contributed by atoms with van der Waals surface area (Å²) in [7, 11) is 0. The SMILES string of the molecule is O=C(COc1ccccc1C(=O)Nc1cccc(C(F)(F)F)c1)Nc1ccccc1F. The van der Waals surface area contributed by atoms with E-state index in [0.29, 0.717) is 0 Å². The van der Waals surface area contributed by atoms with Gasteiger partial charge in [-0.1, -0.05) is 30.3 Å². The van der Waals surface area contributed by atoms with Gasteiger partial charge in [-0.25, -0.2) is 4.39 Å². The Kier molecular flexibility index (Phi) is 6.54. The predicted molar refractivity (Wildman–Crippen MR) is 106 cm³/mol. The number of ether oxygens (including phenoxy) is 1. The zero-order chi connectivity index (χ0) is 22.4. The first kappa shape index (κ1) is 21.8. The van der Waals surface area contributed by atoms with Crippen molar-refractivity contribution >= 4 is 23.2 Å². The van der Waals surface area contributed by atoms with E-state index in [2.05, 4.69) is 10.6 Å². The highest BCUT2D eigenvalue weighted by Crippen LogP contribution is 2.31. The number of hydrogen-bond donors (Lipinski definition) is 2. The van der Waals surface area contributed by atoms with Crippen molar-refractivity contribution < 1.29 is 31.9 Å². The summed E-state index contributed by atoms with van der Waals surface area (Å²) >= 11 is 0. The Balaban J connectivity index is 1.68. The van der Waals surface area contributed by atoms with Crippen molar-refractivity contribution in [3.05, 3.63) is 89.7 Å². The van der Waals surface area contributed by atoms with E-state index in [1.165, 1.54) is 48.5 Å².